The van der Waals surface area contributed by atoms with E-state index in [1.807, 2.05) is 24.4 Å². The number of rotatable bonds is 7. The molecule has 0 saturated heterocycles. The van der Waals surface area contributed by atoms with E-state index in [-0.39, 0.29) is 0 Å². The first-order chi connectivity index (χ1) is 9.80. The molecule has 1 heterocycles. The number of ether oxygens (including phenoxy) is 1. The predicted octanol–water partition coefficient (Wildman–Crippen LogP) is 4.31. The summed E-state index contributed by atoms with van der Waals surface area (Å²) < 4.78 is 5.39. The van der Waals surface area contributed by atoms with Gasteiger partial charge in [0.25, 0.3) is 0 Å². The van der Waals surface area contributed by atoms with Crippen LogP contribution in [0.25, 0.3) is 10.8 Å². The molecule has 0 amide bonds. The highest BCUT2D eigenvalue weighted by Gasteiger charge is 2.09. The van der Waals surface area contributed by atoms with Crippen LogP contribution in [-0.4, -0.2) is 24.5 Å². The fraction of sp³-hybridized carbons (Fsp3) is 0.438. The van der Waals surface area contributed by atoms with Crippen LogP contribution in [0.4, 0.5) is 5.82 Å². The summed E-state index contributed by atoms with van der Waals surface area (Å²) >= 11 is 5.83. The van der Waals surface area contributed by atoms with Crippen molar-refractivity contribution in [1.82, 2.24) is 4.98 Å². The van der Waals surface area contributed by atoms with Crippen LogP contribution < -0.4 is 10.1 Å². The Morgan fingerprint density at radius 2 is 2.15 bits per heavy atom. The number of nitrogens with one attached hydrogen (secondary N) is 1. The molecule has 1 aromatic carbocycles. The molecule has 20 heavy (non-hydrogen) atoms. The van der Waals surface area contributed by atoms with Gasteiger partial charge in [0, 0.05) is 29.4 Å². The number of fused-ring (bicyclic) bond motifs is 1. The molecule has 0 saturated carbocycles. The first-order valence-electron chi connectivity index (χ1n) is 7.01. The van der Waals surface area contributed by atoms with Crippen LogP contribution in [0.5, 0.6) is 5.75 Å². The molecule has 0 bridgehead atoms. The van der Waals surface area contributed by atoms with E-state index in [2.05, 4.69) is 23.3 Å². The smallest absolute Gasteiger partial charge is 0.133 e. The Morgan fingerprint density at radius 3 is 2.85 bits per heavy atom. The third kappa shape index (κ3) is 3.34. The van der Waals surface area contributed by atoms with Gasteiger partial charge in [-0.3, -0.25) is 0 Å². The summed E-state index contributed by atoms with van der Waals surface area (Å²) in [5.74, 6) is 3.07. The van der Waals surface area contributed by atoms with Gasteiger partial charge in [0.15, 0.2) is 0 Å². The molecule has 0 aliphatic rings. The molecule has 0 fully saturated rings. The fourth-order valence-corrected chi connectivity index (χ4v) is 2.65. The van der Waals surface area contributed by atoms with Gasteiger partial charge >= 0.3 is 0 Å². The van der Waals surface area contributed by atoms with Gasteiger partial charge in [-0.15, -0.1) is 11.6 Å². The Hall–Kier alpha value is -1.48. The molecule has 0 radical (unpaired) electrons. The molecular weight excluding hydrogens is 272 g/mol. The SMILES string of the molecule is CCC(CCCl)CNc1nccc2c(OC)cccc12. The zero-order valence-corrected chi connectivity index (χ0v) is 12.8. The number of benzene rings is 1. The Kier molecular flexibility index (Phi) is 5.48. The van der Waals surface area contributed by atoms with E-state index in [1.165, 1.54) is 0 Å². The monoisotopic (exact) mass is 292 g/mol. The number of aromatic nitrogens is 1. The van der Waals surface area contributed by atoms with Crippen molar-refractivity contribution < 1.29 is 4.74 Å². The first-order valence-corrected chi connectivity index (χ1v) is 7.55. The van der Waals surface area contributed by atoms with Crippen LogP contribution in [0.3, 0.4) is 0 Å². The van der Waals surface area contributed by atoms with Crippen molar-refractivity contribution in [3.8, 4) is 5.75 Å². The van der Waals surface area contributed by atoms with Gasteiger partial charge in [-0.25, -0.2) is 4.98 Å². The predicted molar refractivity (Wildman–Crippen MR) is 85.9 cm³/mol. The normalized spacial score (nSPS) is 12.3. The van der Waals surface area contributed by atoms with E-state index in [9.17, 15) is 0 Å². The molecule has 1 unspecified atom stereocenters. The lowest BCUT2D eigenvalue weighted by Crippen LogP contribution is -2.15. The van der Waals surface area contributed by atoms with Crippen LogP contribution in [0.2, 0.25) is 0 Å². The van der Waals surface area contributed by atoms with E-state index in [0.29, 0.717) is 11.8 Å². The minimum atomic E-state index is 0.579. The maximum Gasteiger partial charge on any atom is 0.133 e. The number of hydrogen-bond acceptors (Lipinski definition) is 3. The standard InChI is InChI=1S/C16H21ClN2O/c1-3-12(7-9-17)11-19-16-14-5-4-6-15(20-2)13(14)8-10-18-16/h4-6,8,10,12H,3,7,9,11H2,1-2H3,(H,18,19). The van der Waals surface area contributed by atoms with E-state index >= 15 is 0 Å². The number of anilines is 1. The zero-order chi connectivity index (χ0) is 14.4. The Labute approximate surface area is 125 Å². The molecule has 108 valence electrons. The van der Waals surface area contributed by atoms with Gasteiger partial charge in [0.05, 0.1) is 7.11 Å². The molecule has 0 aliphatic heterocycles. The van der Waals surface area contributed by atoms with Gasteiger partial charge < -0.3 is 10.1 Å². The van der Waals surface area contributed by atoms with Crippen molar-refractivity contribution in [3.63, 3.8) is 0 Å². The summed E-state index contributed by atoms with van der Waals surface area (Å²) in [6, 6.07) is 8.00. The summed E-state index contributed by atoms with van der Waals surface area (Å²) in [4.78, 5) is 4.45. The lowest BCUT2D eigenvalue weighted by atomic mass is 10.0. The second-order valence-electron chi connectivity index (χ2n) is 4.85. The Morgan fingerprint density at radius 1 is 1.30 bits per heavy atom. The molecule has 1 N–H and O–H groups in total. The van der Waals surface area contributed by atoms with Gasteiger partial charge in [0.2, 0.25) is 0 Å². The summed E-state index contributed by atoms with van der Waals surface area (Å²) in [5, 5.41) is 5.62. The third-order valence-corrected chi connectivity index (χ3v) is 3.86. The number of nitrogens with zero attached hydrogens (tertiary/aromatic N) is 1. The maximum atomic E-state index is 5.83. The topological polar surface area (TPSA) is 34.2 Å². The molecule has 2 aromatic rings. The van der Waals surface area contributed by atoms with Crippen molar-refractivity contribution >= 4 is 28.2 Å². The second-order valence-corrected chi connectivity index (χ2v) is 5.23. The number of alkyl halides is 1. The average Bonchev–Trinajstić information content (AvgIpc) is 2.50. The maximum absolute atomic E-state index is 5.83. The van der Waals surface area contributed by atoms with Gasteiger partial charge in [0.1, 0.15) is 11.6 Å². The Bertz CT molecular complexity index is 559. The van der Waals surface area contributed by atoms with E-state index < -0.39 is 0 Å². The first kappa shape index (κ1) is 14.9. The van der Waals surface area contributed by atoms with Gasteiger partial charge in [-0.05, 0) is 24.5 Å². The quantitative estimate of drug-likeness (QED) is 0.772. The number of hydrogen-bond donors (Lipinski definition) is 1. The number of methoxy groups -OCH3 is 1. The van der Waals surface area contributed by atoms with E-state index in [4.69, 9.17) is 16.3 Å². The summed E-state index contributed by atoms with van der Waals surface area (Å²) in [6.07, 6.45) is 3.96. The van der Waals surface area contributed by atoms with Crippen LogP contribution in [-0.2, 0) is 0 Å². The van der Waals surface area contributed by atoms with Gasteiger partial charge in [-0.1, -0.05) is 25.5 Å². The fourth-order valence-electron chi connectivity index (χ4n) is 2.34. The van der Waals surface area contributed by atoms with Crippen molar-refractivity contribution in [2.45, 2.75) is 19.8 Å². The minimum absolute atomic E-state index is 0.579. The number of pyridine rings is 1. The van der Waals surface area contributed by atoms with Crippen molar-refractivity contribution in [2.24, 2.45) is 5.92 Å². The van der Waals surface area contributed by atoms with E-state index in [1.54, 1.807) is 7.11 Å². The molecule has 0 spiro atoms. The molecule has 0 aliphatic carbocycles. The Balaban J connectivity index is 2.22. The summed E-state index contributed by atoms with van der Waals surface area (Å²) in [7, 11) is 1.69. The minimum Gasteiger partial charge on any atom is -0.496 e. The van der Waals surface area contributed by atoms with Crippen molar-refractivity contribution in [1.29, 1.82) is 0 Å². The highest BCUT2D eigenvalue weighted by molar-refractivity contribution is 6.17. The largest absolute Gasteiger partial charge is 0.496 e. The third-order valence-electron chi connectivity index (χ3n) is 3.64. The van der Waals surface area contributed by atoms with Crippen molar-refractivity contribution in [3.05, 3.63) is 30.5 Å². The molecular formula is C16H21ClN2O. The molecule has 4 heteroatoms. The molecule has 3 nitrogen and oxygen atoms in total. The highest BCUT2D eigenvalue weighted by atomic mass is 35.5. The van der Waals surface area contributed by atoms with E-state index in [0.717, 1.165) is 41.7 Å². The lowest BCUT2D eigenvalue weighted by Gasteiger charge is -2.16. The van der Waals surface area contributed by atoms with Crippen LogP contribution in [0.15, 0.2) is 30.5 Å². The summed E-state index contributed by atoms with van der Waals surface area (Å²) in [5.41, 5.74) is 0. The summed E-state index contributed by atoms with van der Waals surface area (Å²) in [6.45, 7) is 3.09. The molecule has 1 atom stereocenters. The molecule has 2 rings (SSSR count). The lowest BCUT2D eigenvalue weighted by molar-refractivity contribution is 0.420. The molecule has 1 aromatic heterocycles. The zero-order valence-electron chi connectivity index (χ0n) is 12.0. The number of halogens is 1. The van der Waals surface area contributed by atoms with Crippen LogP contribution >= 0.6 is 11.6 Å². The highest BCUT2D eigenvalue weighted by Crippen LogP contribution is 2.29. The van der Waals surface area contributed by atoms with Crippen LogP contribution in [0, 0.1) is 5.92 Å². The van der Waals surface area contributed by atoms with Crippen molar-refractivity contribution in [2.75, 3.05) is 24.9 Å². The van der Waals surface area contributed by atoms with Crippen LogP contribution in [0.1, 0.15) is 19.8 Å². The second kappa shape index (κ2) is 7.34. The van der Waals surface area contributed by atoms with Gasteiger partial charge in [-0.2, -0.15) is 0 Å². The average molecular weight is 293 g/mol.